The molecule has 0 aliphatic rings. The quantitative estimate of drug-likeness (QED) is 0.451. The maximum Gasteiger partial charge on any atom is 0.346 e. The van der Waals surface area contributed by atoms with Crippen LogP contribution in [0.15, 0.2) is 24.3 Å². The first kappa shape index (κ1) is 13.3. The second kappa shape index (κ2) is 5.04. The van der Waals surface area contributed by atoms with Crippen LogP contribution in [0, 0.1) is 0 Å². The summed E-state index contributed by atoms with van der Waals surface area (Å²) in [5.41, 5.74) is 0.226. The van der Waals surface area contributed by atoms with Gasteiger partial charge in [0.15, 0.2) is 0 Å². The predicted molar refractivity (Wildman–Crippen MR) is 61.8 cm³/mol. The lowest BCUT2D eigenvalue weighted by atomic mass is 10.1. The summed E-state index contributed by atoms with van der Waals surface area (Å²) in [4.78, 5) is 22.2. The summed E-state index contributed by atoms with van der Waals surface area (Å²) < 4.78 is 2.67. The fourth-order valence-corrected chi connectivity index (χ4v) is 1.59. The number of esters is 2. The maximum atomic E-state index is 11.5. The molecule has 0 heterocycles. The lowest BCUT2D eigenvalue weighted by Crippen LogP contribution is -2.15. The highest BCUT2D eigenvalue weighted by Crippen LogP contribution is 2.40. The number of benzene rings is 1. The molecule has 0 atom stereocenters. The summed E-state index contributed by atoms with van der Waals surface area (Å²) in [6, 6.07) is 6.09. The summed E-state index contributed by atoms with van der Waals surface area (Å²) in [6.45, 7) is 1.12. The normalized spacial score (nSPS) is 11.0. The third-order valence-corrected chi connectivity index (χ3v) is 2.30. The van der Waals surface area contributed by atoms with Crippen LogP contribution in [0.4, 0.5) is 0 Å². The van der Waals surface area contributed by atoms with Crippen LogP contribution in [0.5, 0.6) is 0 Å². The molecule has 0 saturated heterocycles. The molecule has 16 heavy (non-hydrogen) atoms. The van der Waals surface area contributed by atoms with Gasteiger partial charge < -0.3 is 4.74 Å². The summed E-state index contributed by atoms with van der Waals surface area (Å²) in [7, 11) is 0. The first-order valence-electron chi connectivity index (χ1n) is 4.21. The first-order chi connectivity index (χ1) is 7.32. The number of hydrogen-bond donors (Lipinski definition) is 0. The number of halogens is 3. The van der Waals surface area contributed by atoms with Crippen LogP contribution in [0.2, 0.25) is 0 Å². The van der Waals surface area contributed by atoms with Crippen LogP contribution in [-0.4, -0.2) is 11.9 Å². The van der Waals surface area contributed by atoms with Crippen LogP contribution < -0.4 is 0 Å². The third-order valence-electron chi connectivity index (χ3n) is 1.69. The van der Waals surface area contributed by atoms with E-state index in [1.165, 1.54) is 12.1 Å². The van der Waals surface area contributed by atoms with E-state index in [2.05, 4.69) is 4.74 Å². The predicted octanol–water partition coefficient (Wildman–Crippen LogP) is 3.22. The Morgan fingerprint density at radius 3 is 2.25 bits per heavy atom. The van der Waals surface area contributed by atoms with Crippen molar-refractivity contribution in [2.75, 3.05) is 0 Å². The molecular formula is C10H7Cl3O3. The van der Waals surface area contributed by atoms with Gasteiger partial charge in [-0.3, -0.25) is 4.79 Å². The van der Waals surface area contributed by atoms with Crippen LogP contribution in [0.25, 0.3) is 0 Å². The zero-order valence-electron chi connectivity index (χ0n) is 8.17. The van der Waals surface area contributed by atoms with Gasteiger partial charge in [-0.05, 0) is 6.07 Å². The third kappa shape index (κ3) is 3.37. The maximum absolute atomic E-state index is 11.5. The van der Waals surface area contributed by atoms with Gasteiger partial charge in [0.25, 0.3) is 0 Å². The monoisotopic (exact) mass is 280 g/mol. The minimum Gasteiger partial charge on any atom is -0.390 e. The van der Waals surface area contributed by atoms with Crippen molar-refractivity contribution in [1.82, 2.24) is 0 Å². The van der Waals surface area contributed by atoms with Crippen molar-refractivity contribution in [2.45, 2.75) is 10.7 Å². The molecule has 0 aliphatic heterocycles. The molecule has 0 fully saturated rings. The molecule has 0 radical (unpaired) electrons. The van der Waals surface area contributed by atoms with Gasteiger partial charge in [-0.1, -0.05) is 53.0 Å². The highest BCUT2D eigenvalue weighted by molar-refractivity contribution is 6.67. The molecular weight excluding hydrogens is 274 g/mol. The lowest BCUT2D eigenvalue weighted by molar-refractivity contribution is -0.135. The molecule has 0 N–H and O–H groups in total. The zero-order chi connectivity index (χ0) is 12.3. The highest BCUT2D eigenvalue weighted by atomic mass is 35.6. The summed E-state index contributed by atoms with van der Waals surface area (Å²) in [5.74, 6) is -1.56. The Kier molecular flexibility index (Phi) is 4.19. The molecule has 0 saturated carbocycles. The van der Waals surface area contributed by atoms with Crippen molar-refractivity contribution >= 4 is 46.7 Å². The van der Waals surface area contributed by atoms with E-state index >= 15 is 0 Å². The van der Waals surface area contributed by atoms with Crippen molar-refractivity contribution in [3.05, 3.63) is 35.4 Å². The molecule has 0 unspecified atom stereocenters. The zero-order valence-corrected chi connectivity index (χ0v) is 10.4. The van der Waals surface area contributed by atoms with E-state index in [0.29, 0.717) is 0 Å². The number of hydrogen-bond acceptors (Lipinski definition) is 3. The van der Waals surface area contributed by atoms with E-state index < -0.39 is 15.7 Å². The second-order valence-corrected chi connectivity index (χ2v) is 5.21. The van der Waals surface area contributed by atoms with Gasteiger partial charge in [-0.15, -0.1) is 0 Å². The molecule has 1 aromatic carbocycles. The van der Waals surface area contributed by atoms with Crippen LogP contribution in [-0.2, 0) is 13.3 Å². The SMILES string of the molecule is CC(=O)OC(=O)c1ccccc1C(Cl)(Cl)Cl. The molecule has 86 valence electrons. The molecule has 0 aliphatic carbocycles. The average Bonchev–Trinajstić information content (AvgIpc) is 2.15. The van der Waals surface area contributed by atoms with Gasteiger partial charge in [0.1, 0.15) is 0 Å². The largest absolute Gasteiger partial charge is 0.390 e. The summed E-state index contributed by atoms with van der Waals surface area (Å²) in [5, 5.41) is 0. The fourth-order valence-electron chi connectivity index (χ4n) is 1.09. The van der Waals surface area contributed by atoms with E-state index in [0.717, 1.165) is 6.92 Å². The Morgan fingerprint density at radius 2 is 1.75 bits per heavy atom. The smallest absolute Gasteiger partial charge is 0.346 e. The standard InChI is InChI=1S/C10H7Cl3O3/c1-6(14)16-9(15)7-4-2-3-5-8(7)10(11,12)13/h2-5H,1H3. The Hall–Kier alpha value is -0.770. The number of ether oxygens (including phenoxy) is 1. The number of carbonyl (C=O) groups is 2. The Labute approximate surface area is 107 Å². The van der Waals surface area contributed by atoms with Gasteiger partial charge in [-0.25, -0.2) is 4.79 Å². The molecule has 0 aromatic heterocycles. The van der Waals surface area contributed by atoms with Gasteiger partial charge in [-0.2, -0.15) is 0 Å². The van der Waals surface area contributed by atoms with Gasteiger partial charge in [0, 0.05) is 12.5 Å². The van der Waals surface area contributed by atoms with Gasteiger partial charge in [0.2, 0.25) is 3.79 Å². The molecule has 1 aromatic rings. The van der Waals surface area contributed by atoms with Gasteiger partial charge >= 0.3 is 11.9 Å². The lowest BCUT2D eigenvalue weighted by Gasteiger charge is -2.14. The van der Waals surface area contributed by atoms with Crippen LogP contribution >= 0.6 is 34.8 Å². The molecule has 3 nitrogen and oxygen atoms in total. The Bertz CT molecular complexity index is 424. The minimum absolute atomic E-state index is 0.0534. The highest BCUT2D eigenvalue weighted by Gasteiger charge is 2.29. The summed E-state index contributed by atoms with van der Waals surface area (Å²) in [6.07, 6.45) is 0. The van der Waals surface area contributed by atoms with E-state index in [4.69, 9.17) is 34.8 Å². The molecule has 0 amide bonds. The number of rotatable bonds is 1. The van der Waals surface area contributed by atoms with Crippen molar-refractivity contribution in [1.29, 1.82) is 0 Å². The van der Waals surface area contributed by atoms with Crippen LogP contribution in [0.1, 0.15) is 22.8 Å². The number of carbonyl (C=O) groups excluding carboxylic acids is 2. The van der Waals surface area contributed by atoms with E-state index in [1.54, 1.807) is 12.1 Å². The number of alkyl halides is 3. The van der Waals surface area contributed by atoms with Crippen molar-refractivity contribution in [3.63, 3.8) is 0 Å². The van der Waals surface area contributed by atoms with Gasteiger partial charge in [0.05, 0.1) is 5.56 Å². The Balaban J connectivity index is 3.14. The average molecular weight is 282 g/mol. The minimum atomic E-state index is -1.74. The fraction of sp³-hybridized carbons (Fsp3) is 0.200. The van der Waals surface area contributed by atoms with Crippen molar-refractivity contribution < 1.29 is 14.3 Å². The topological polar surface area (TPSA) is 43.4 Å². The molecule has 6 heteroatoms. The molecule has 0 spiro atoms. The van der Waals surface area contributed by atoms with Crippen LogP contribution in [0.3, 0.4) is 0 Å². The molecule has 0 bridgehead atoms. The van der Waals surface area contributed by atoms with E-state index in [1.807, 2.05) is 0 Å². The first-order valence-corrected chi connectivity index (χ1v) is 5.34. The summed E-state index contributed by atoms with van der Waals surface area (Å²) >= 11 is 17.0. The van der Waals surface area contributed by atoms with E-state index in [-0.39, 0.29) is 11.1 Å². The van der Waals surface area contributed by atoms with E-state index in [9.17, 15) is 9.59 Å². The van der Waals surface area contributed by atoms with Crippen molar-refractivity contribution in [3.8, 4) is 0 Å². The van der Waals surface area contributed by atoms with Crippen molar-refractivity contribution in [2.24, 2.45) is 0 Å². The Morgan fingerprint density at radius 1 is 1.19 bits per heavy atom. The second-order valence-electron chi connectivity index (χ2n) is 2.92. The molecule has 1 rings (SSSR count).